The van der Waals surface area contributed by atoms with E-state index in [4.69, 9.17) is 0 Å². The Hall–Kier alpha value is -2.36. The van der Waals surface area contributed by atoms with Gasteiger partial charge in [-0.3, -0.25) is 4.98 Å². The Labute approximate surface area is 111 Å². The highest BCUT2D eigenvalue weighted by Gasteiger charge is 2.14. The Morgan fingerprint density at radius 1 is 1.21 bits per heavy atom. The maximum atomic E-state index is 9.63. The topological polar surface area (TPSA) is 50.9 Å². The molecule has 0 atom stereocenters. The molecule has 0 amide bonds. The van der Waals surface area contributed by atoms with E-state index >= 15 is 0 Å². The van der Waals surface area contributed by atoms with Crippen molar-refractivity contribution in [2.45, 2.75) is 19.9 Å². The molecule has 0 unspecified atom stereocenters. The molecule has 3 rings (SSSR count). The van der Waals surface area contributed by atoms with Gasteiger partial charge < -0.3 is 9.67 Å². The van der Waals surface area contributed by atoms with Gasteiger partial charge in [0.2, 0.25) is 0 Å². The number of nitrogens with zero attached hydrogens (tertiary/aromatic N) is 3. The standard InChI is InChI=1S/C15H15N3O/c1-10(2)18-14-6-7-16-9-13(14)17-15(18)11-4-3-5-12(19)8-11/h3-10,19H,1-2H3. The molecule has 0 spiro atoms. The Balaban J connectivity index is 2.31. The summed E-state index contributed by atoms with van der Waals surface area (Å²) in [5.74, 6) is 1.10. The minimum absolute atomic E-state index is 0.248. The molecule has 3 aromatic rings. The highest BCUT2D eigenvalue weighted by Crippen LogP contribution is 2.29. The molecule has 0 bridgehead atoms. The van der Waals surface area contributed by atoms with E-state index in [2.05, 4.69) is 28.4 Å². The van der Waals surface area contributed by atoms with E-state index in [1.165, 1.54) is 0 Å². The van der Waals surface area contributed by atoms with Crippen LogP contribution in [-0.4, -0.2) is 19.6 Å². The van der Waals surface area contributed by atoms with Crippen molar-refractivity contribution in [2.75, 3.05) is 0 Å². The van der Waals surface area contributed by atoms with Crippen LogP contribution >= 0.6 is 0 Å². The molecule has 4 heteroatoms. The Kier molecular flexibility index (Phi) is 2.71. The van der Waals surface area contributed by atoms with Gasteiger partial charge in [0, 0.05) is 17.8 Å². The first-order chi connectivity index (χ1) is 9.16. The van der Waals surface area contributed by atoms with Gasteiger partial charge in [-0.15, -0.1) is 0 Å². The van der Waals surface area contributed by atoms with Gasteiger partial charge in [-0.2, -0.15) is 0 Å². The van der Waals surface area contributed by atoms with Gasteiger partial charge in [-0.1, -0.05) is 12.1 Å². The number of pyridine rings is 1. The van der Waals surface area contributed by atoms with Gasteiger partial charge in [0.05, 0.1) is 11.7 Å². The summed E-state index contributed by atoms with van der Waals surface area (Å²) in [5.41, 5.74) is 2.84. The lowest BCUT2D eigenvalue weighted by atomic mass is 10.2. The summed E-state index contributed by atoms with van der Waals surface area (Å²) in [6.45, 7) is 4.24. The van der Waals surface area contributed by atoms with Gasteiger partial charge >= 0.3 is 0 Å². The molecule has 4 nitrogen and oxygen atoms in total. The van der Waals surface area contributed by atoms with Gasteiger partial charge in [0.15, 0.2) is 0 Å². The van der Waals surface area contributed by atoms with Crippen molar-refractivity contribution in [1.82, 2.24) is 14.5 Å². The van der Waals surface area contributed by atoms with E-state index < -0.39 is 0 Å². The zero-order valence-electron chi connectivity index (χ0n) is 10.9. The molecule has 2 aromatic heterocycles. The van der Waals surface area contributed by atoms with E-state index in [0.717, 1.165) is 22.4 Å². The van der Waals surface area contributed by atoms with Crippen molar-refractivity contribution in [1.29, 1.82) is 0 Å². The fourth-order valence-electron chi connectivity index (χ4n) is 2.32. The summed E-state index contributed by atoms with van der Waals surface area (Å²) >= 11 is 0. The number of aromatic nitrogens is 3. The molecule has 1 aromatic carbocycles. The SMILES string of the molecule is CC(C)n1c(-c2cccc(O)c2)nc2cnccc21. The predicted octanol–water partition coefficient (Wildman–Crippen LogP) is 3.38. The van der Waals surface area contributed by atoms with Crippen molar-refractivity contribution in [3.8, 4) is 17.1 Å². The monoisotopic (exact) mass is 253 g/mol. The summed E-state index contributed by atoms with van der Waals surface area (Å²) in [4.78, 5) is 8.75. The fraction of sp³-hybridized carbons (Fsp3) is 0.200. The second-order valence-corrected chi connectivity index (χ2v) is 4.81. The third kappa shape index (κ3) is 1.95. The van der Waals surface area contributed by atoms with Crippen LogP contribution in [-0.2, 0) is 0 Å². The Morgan fingerprint density at radius 2 is 2.05 bits per heavy atom. The smallest absolute Gasteiger partial charge is 0.141 e. The molecular formula is C15H15N3O. The third-order valence-corrected chi connectivity index (χ3v) is 3.11. The first-order valence-corrected chi connectivity index (χ1v) is 6.28. The van der Waals surface area contributed by atoms with Crippen LogP contribution in [0, 0.1) is 0 Å². The van der Waals surface area contributed by atoms with Crippen LogP contribution in [0.15, 0.2) is 42.7 Å². The van der Waals surface area contributed by atoms with Gasteiger partial charge in [0.25, 0.3) is 0 Å². The molecule has 1 N–H and O–H groups in total. The third-order valence-electron chi connectivity index (χ3n) is 3.11. The van der Waals surface area contributed by atoms with Crippen LogP contribution in [0.4, 0.5) is 0 Å². The minimum atomic E-state index is 0.248. The zero-order chi connectivity index (χ0) is 13.4. The summed E-state index contributed by atoms with van der Waals surface area (Å²) < 4.78 is 2.16. The molecule has 0 saturated carbocycles. The van der Waals surface area contributed by atoms with E-state index in [-0.39, 0.29) is 11.8 Å². The van der Waals surface area contributed by atoms with Gasteiger partial charge in [-0.05, 0) is 32.0 Å². The van der Waals surface area contributed by atoms with E-state index in [1.807, 2.05) is 18.2 Å². The van der Waals surface area contributed by atoms with Crippen LogP contribution in [0.5, 0.6) is 5.75 Å². The van der Waals surface area contributed by atoms with Crippen molar-refractivity contribution in [3.63, 3.8) is 0 Å². The Morgan fingerprint density at radius 3 is 2.79 bits per heavy atom. The van der Waals surface area contributed by atoms with Gasteiger partial charge in [0.1, 0.15) is 17.1 Å². The number of aromatic hydroxyl groups is 1. The number of imidazole rings is 1. The van der Waals surface area contributed by atoms with Crippen LogP contribution < -0.4 is 0 Å². The van der Waals surface area contributed by atoms with Crippen molar-refractivity contribution < 1.29 is 5.11 Å². The van der Waals surface area contributed by atoms with E-state index in [9.17, 15) is 5.11 Å². The lowest BCUT2D eigenvalue weighted by Gasteiger charge is -2.13. The first kappa shape index (κ1) is 11.7. The fourth-order valence-corrected chi connectivity index (χ4v) is 2.32. The second-order valence-electron chi connectivity index (χ2n) is 4.81. The lowest BCUT2D eigenvalue weighted by Crippen LogP contribution is -2.02. The maximum Gasteiger partial charge on any atom is 0.141 e. The number of hydrogen-bond donors (Lipinski definition) is 1. The maximum absolute atomic E-state index is 9.63. The number of phenolic OH excluding ortho intramolecular Hbond substituents is 1. The average molecular weight is 253 g/mol. The van der Waals surface area contributed by atoms with Gasteiger partial charge in [-0.25, -0.2) is 4.98 Å². The molecule has 19 heavy (non-hydrogen) atoms. The average Bonchev–Trinajstić information content (AvgIpc) is 2.78. The molecule has 0 aliphatic rings. The second kappa shape index (κ2) is 4.39. The van der Waals surface area contributed by atoms with E-state index in [1.54, 1.807) is 24.5 Å². The van der Waals surface area contributed by atoms with Crippen molar-refractivity contribution >= 4 is 11.0 Å². The molecule has 0 aliphatic carbocycles. The summed E-state index contributed by atoms with van der Waals surface area (Å²) in [7, 11) is 0. The first-order valence-electron chi connectivity index (χ1n) is 6.28. The number of benzene rings is 1. The number of phenols is 1. The molecule has 0 radical (unpaired) electrons. The molecular weight excluding hydrogens is 238 g/mol. The molecule has 2 heterocycles. The highest BCUT2D eigenvalue weighted by molar-refractivity contribution is 5.80. The summed E-state index contributed by atoms with van der Waals surface area (Å²) in [5, 5.41) is 9.63. The largest absolute Gasteiger partial charge is 0.508 e. The number of fused-ring (bicyclic) bond motifs is 1. The quantitative estimate of drug-likeness (QED) is 0.761. The molecule has 0 fully saturated rings. The molecule has 0 saturated heterocycles. The number of rotatable bonds is 2. The zero-order valence-corrected chi connectivity index (χ0v) is 10.9. The van der Waals surface area contributed by atoms with Crippen molar-refractivity contribution in [3.05, 3.63) is 42.7 Å². The summed E-state index contributed by atoms with van der Waals surface area (Å²) in [6, 6.07) is 9.42. The lowest BCUT2D eigenvalue weighted by molar-refractivity contribution is 0.475. The van der Waals surface area contributed by atoms with E-state index in [0.29, 0.717) is 0 Å². The van der Waals surface area contributed by atoms with Crippen LogP contribution in [0.3, 0.4) is 0 Å². The summed E-state index contributed by atoms with van der Waals surface area (Å²) in [6.07, 6.45) is 3.54. The van der Waals surface area contributed by atoms with Crippen LogP contribution in [0.1, 0.15) is 19.9 Å². The number of hydrogen-bond acceptors (Lipinski definition) is 3. The highest BCUT2D eigenvalue weighted by atomic mass is 16.3. The molecule has 0 aliphatic heterocycles. The minimum Gasteiger partial charge on any atom is -0.508 e. The van der Waals surface area contributed by atoms with Crippen molar-refractivity contribution in [2.24, 2.45) is 0 Å². The normalized spacial score (nSPS) is 11.3. The van der Waals surface area contributed by atoms with Crippen LogP contribution in [0.25, 0.3) is 22.4 Å². The molecule has 96 valence electrons. The predicted molar refractivity (Wildman–Crippen MR) is 75.0 cm³/mol. The Bertz CT molecular complexity index is 731. The van der Waals surface area contributed by atoms with Crippen LogP contribution in [0.2, 0.25) is 0 Å².